The van der Waals surface area contributed by atoms with Gasteiger partial charge in [-0.25, -0.2) is 0 Å². The summed E-state index contributed by atoms with van der Waals surface area (Å²) in [5.41, 5.74) is 0.684. The molecule has 1 aromatic rings. The molecule has 0 aliphatic rings. The average Bonchev–Trinajstić information content (AvgIpc) is 2.29. The Balaban J connectivity index is 2.45. The number of hydrogen-bond acceptors (Lipinski definition) is 5. The van der Waals surface area contributed by atoms with E-state index >= 15 is 0 Å². The molecule has 0 amide bonds. The van der Waals surface area contributed by atoms with Gasteiger partial charge in [0.05, 0.1) is 6.61 Å². The maximum Gasteiger partial charge on any atom is 0.119 e. The SMILES string of the molecule is OC[C@H](CS)NCCc1cc(O)ccc1O. The first-order chi connectivity index (χ1) is 7.67. The predicted molar refractivity (Wildman–Crippen MR) is 66.2 cm³/mol. The van der Waals surface area contributed by atoms with Crippen molar-refractivity contribution in [2.24, 2.45) is 0 Å². The van der Waals surface area contributed by atoms with E-state index in [1.54, 1.807) is 0 Å². The summed E-state index contributed by atoms with van der Waals surface area (Å²) in [6.45, 7) is 0.651. The van der Waals surface area contributed by atoms with Gasteiger partial charge in [-0.2, -0.15) is 12.6 Å². The maximum atomic E-state index is 9.51. The molecule has 0 saturated heterocycles. The lowest BCUT2D eigenvalue weighted by Crippen LogP contribution is -2.35. The van der Waals surface area contributed by atoms with Crippen LogP contribution in [0.1, 0.15) is 5.56 Å². The molecule has 1 rings (SSSR count). The lowest BCUT2D eigenvalue weighted by molar-refractivity contribution is 0.254. The highest BCUT2D eigenvalue weighted by molar-refractivity contribution is 7.80. The summed E-state index contributed by atoms with van der Waals surface area (Å²) >= 11 is 4.08. The molecule has 0 aromatic heterocycles. The molecular weight excluding hydrogens is 226 g/mol. The Morgan fingerprint density at radius 1 is 1.31 bits per heavy atom. The van der Waals surface area contributed by atoms with Gasteiger partial charge in [0.2, 0.25) is 0 Å². The molecular formula is C11H17NO3S. The van der Waals surface area contributed by atoms with Crippen LogP contribution in [0.2, 0.25) is 0 Å². The summed E-state index contributed by atoms with van der Waals surface area (Å²) in [7, 11) is 0. The summed E-state index contributed by atoms with van der Waals surface area (Å²) in [5, 5.41) is 30.8. The van der Waals surface area contributed by atoms with E-state index in [2.05, 4.69) is 17.9 Å². The van der Waals surface area contributed by atoms with Crippen molar-refractivity contribution in [3.63, 3.8) is 0 Å². The van der Waals surface area contributed by atoms with Crippen molar-refractivity contribution in [3.8, 4) is 11.5 Å². The third-order valence-electron chi connectivity index (χ3n) is 2.33. The fourth-order valence-electron chi connectivity index (χ4n) is 1.37. The van der Waals surface area contributed by atoms with E-state index in [9.17, 15) is 10.2 Å². The molecule has 5 heteroatoms. The van der Waals surface area contributed by atoms with Crippen LogP contribution in [0.4, 0.5) is 0 Å². The number of aliphatic hydroxyl groups is 1. The summed E-state index contributed by atoms with van der Waals surface area (Å²) in [6, 6.07) is 4.40. The third-order valence-corrected chi connectivity index (χ3v) is 2.77. The second kappa shape index (κ2) is 6.62. The number of hydrogen-bond donors (Lipinski definition) is 5. The molecule has 90 valence electrons. The van der Waals surface area contributed by atoms with Crippen molar-refractivity contribution in [1.29, 1.82) is 0 Å². The van der Waals surface area contributed by atoms with Crippen LogP contribution in [0, 0.1) is 0 Å². The molecule has 16 heavy (non-hydrogen) atoms. The lowest BCUT2D eigenvalue weighted by atomic mass is 10.1. The van der Waals surface area contributed by atoms with E-state index in [1.165, 1.54) is 18.2 Å². The van der Waals surface area contributed by atoms with Gasteiger partial charge in [0.1, 0.15) is 11.5 Å². The van der Waals surface area contributed by atoms with Gasteiger partial charge in [0.25, 0.3) is 0 Å². The van der Waals surface area contributed by atoms with Crippen molar-refractivity contribution < 1.29 is 15.3 Å². The number of phenolic OH excluding ortho intramolecular Hbond substituents is 2. The molecule has 0 radical (unpaired) electrons. The van der Waals surface area contributed by atoms with Crippen molar-refractivity contribution in [3.05, 3.63) is 23.8 Å². The van der Waals surface area contributed by atoms with Crippen LogP contribution in [0.25, 0.3) is 0 Å². The molecule has 0 heterocycles. The molecule has 0 aliphatic carbocycles. The highest BCUT2D eigenvalue weighted by atomic mass is 32.1. The minimum Gasteiger partial charge on any atom is -0.508 e. The topological polar surface area (TPSA) is 72.7 Å². The zero-order valence-corrected chi connectivity index (χ0v) is 9.82. The first-order valence-electron chi connectivity index (χ1n) is 5.13. The molecule has 0 fully saturated rings. The van der Waals surface area contributed by atoms with Crippen molar-refractivity contribution in [2.45, 2.75) is 12.5 Å². The van der Waals surface area contributed by atoms with Crippen LogP contribution in [0.3, 0.4) is 0 Å². The summed E-state index contributed by atoms with van der Waals surface area (Å²) in [4.78, 5) is 0. The minimum absolute atomic E-state index is 0.0372. The standard InChI is InChI=1S/C11H17NO3S/c13-6-9(7-16)12-4-3-8-5-10(14)1-2-11(8)15/h1-2,5,9,12-16H,3-4,6-7H2/t9-/m1/s1. The van der Waals surface area contributed by atoms with Crippen LogP contribution in [-0.2, 0) is 6.42 Å². The Morgan fingerprint density at radius 2 is 2.06 bits per heavy atom. The number of thiol groups is 1. The molecule has 0 saturated carbocycles. The number of aromatic hydroxyl groups is 2. The van der Waals surface area contributed by atoms with Gasteiger partial charge in [0, 0.05) is 11.8 Å². The first kappa shape index (κ1) is 13.2. The molecule has 0 aliphatic heterocycles. The van der Waals surface area contributed by atoms with E-state index in [-0.39, 0.29) is 24.1 Å². The van der Waals surface area contributed by atoms with Gasteiger partial charge in [-0.15, -0.1) is 0 Å². The largest absolute Gasteiger partial charge is 0.508 e. The van der Waals surface area contributed by atoms with Crippen LogP contribution in [-0.4, -0.2) is 40.3 Å². The molecule has 4 nitrogen and oxygen atoms in total. The number of benzene rings is 1. The Bertz CT molecular complexity index is 329. The third kappa shape index (κ3) is 3.92. The fraction of sp³-hybridized carbons (Fsp3) is 0.455. The van der Waals surface area contributed by atoms with E-state index in [4.69, 9.17) is 5.11 Å². The van der Waals surface area contributed by atoms with Gasteiger partial charge in [-0.3, -0.25) is 0 Å². The molecule has 0 unspecified atom stereocenters. The van der Waals surface area contributed by atoms with Crippen molar-refractivity contribution >= 4 is 12.6 Å². The van der Waals surface area contributed by atoms with Gasteiger partial charge in [-0.1, -0.05) is 0 Å². The monoisotopic (exact) mass is 243 g/mol. The second-order valence-corrected chi connectivity index (χ2v) is 3.94. The fourth-order valence-corrected chi connectivity index (χ4v) is 1.61. The summed E-state index contributed by atoms with van der Waals surface area (Å²) in [6.07, 6.45) is 0.588. The lowest BCUT2D eigenvalue weighted by Gasteiger charge is -2.13. The first-order valence-corrected chi connectivity index (χ1v) is 5.76. The second-order valence-electron chi connectivity index (χ2n) is 3.58. The van der Waals surface area contributed by atoms with Gasteiger partial charge >= 0.3 is 0 Å². The summed E-state index contributed by atoms with van der Waals surface area (Å²) in [5.74, 6) is 0.870. The van der Waals surface area contributed by atoms with Gasteiger partial charge < -0.3 is 20.6 Å². The number of aliphatic hydroxyl groups excluding tert-OH is 1. The van der Waals surface area contributed by atoms with Gasteiger partial charge in [0.15, 0.2) is 0 Å². The molecule has 1 atom stereocenters. The van der Waals surface area contributed by atoms with Crippen LogP contribution >= 0.6 is 12.6 Å². The zero-order valence-electron chi connectivity index (χ0n) is 8.93. The van der Waals surface area contributed by atoms with E-state index in [1.807, 2.05) is 0 Å². The summed E-state index contributed by atoms with van der Waals surface area (Å²) < 4.78 is 0. The van der Waals surface area contributed by atoms with Crippen molar-refractivity contribution in [2.75, 3.05) is 18.9 Å². The minimum atomic E-state index is -0.0391. The van der Waals surface area contributed by atoms with Crippen LogP contribution < -0.4 is 5.32 Å². The molecule has 4 N–H and O–H groups in total. The predicted octanol–water partition coefficient (Wildman–Crippen LogP) is 0.521. The quantitative estimate of drug-likeness (QED) is 0.373. The van der Waals surface area contributed by atoms with E-state index < -0.39 is 0 Å². The Kier molecular flexibility index (Phi) is 5.45. The maximum absolute atomic E-state index is 9.51. The highest BCUT2D eigenvalue weighted by Gasteiger charge is 2.05. The molecule has 1 aromatic carbocycles. The average molecular weight is 243 g/mol. The number of nitrogens with one attached hydrogen (secondary N) is 1. The van der Waals surface area contributed by atoms with Crippen LogP contribution in [0.5, 0.6) is 11.5 Å². The zero-order chi connectivity index (χ0) is 12.0. The Morgan fingerprint density at radius 3 is 2.69 bits per heavy atom. The number of phenols is 2. The van der Waals surface area contributed by atoms with Crippen LogP contribution in [0.15, 0.2) is 18.2 Å². The van der Waals surface area contributed by atoms with Gasteiger partial charge in [-0.05, 0) is 36.7 Å². The Labute approximate surface area is 100 Å². The smallest absolute Gasteiger partial charge is 0.119 e. The van der Waals surface area contributed by atoms with E-state index in [0.29, 0.717) is 24.3 Å². The number of rotatable bonds is 6. The van der Waals surface area contributed by atoms with Crippen molar-refractivity contribution in [1.82, 2.24) is 5.32 Å². The molecule has 0 bridgehead atoms. The highest BCUT2D eigenvalue weighted by Crippen LogP contribution is 2.22. The molecule has 0 spiro atoms. The Hall–Kier alpha value is -0.910. The van der Waals surface area contributed by atoms with E-state index in [0.717, 1.165) is 0 Å². The normalized spacial score (nSPS) is 12.6.